The quantitative estimate of drug-likeness (QED) is 0.226. The molecular weight excluding hydrogens is 445 g/mol. The zero-order valence-corrected chi connectivity index (χ0v) is 20.4. The Hall–Kier alpha value is -3.10. The smallest absolute Gasteiger partial charge is 0.430 e. The van der Waals surface area contributed by atoms with Gasteiger partial charge in [0.1, 0.15) is 5.82 Å². The predicted molar refractivity (Wildman–Crippen MR) is 130 cm³/mol. The Balaban J connectivity index is 0.000000493. The largest absolute Gasteiger partial charge is 0.431 e. The number of pyridine rings is 1. The third kappa shape index (κ3) is 8.04. The average molecular weight is 481 g/mol. The monoisotopic (exact) mass is 480 g/mol. The van der Waals surface area contributed by atoms with E-state index in [2.05, 4.69) is 35.8 Å². The molecule has 2 heterocycles. The van der Waals surface area contributed by atoms with Crippen molar-refractivity contribution in [3.8, 4) is 0 Å². The number of anilines is 2. The molecule has 9 heteroatoms. The van der Waals surface area contributed by atoms with Crippen LogP contribution in [-0.2, 0) is 4.74 Å². The second-order valence-corrected chi connectivity index (χ2v) is 7.92. The van der Waals surface area contributed by atoms with Crippen molar-refractivity contribution in [2.75, 3.05) is 11.1 Å². The lowest BCUT2D eigenvalue weighted by Gasteiger charge is -2.29. The van der Waals surface area contributed by atoms with E-state index >= 15 is 0 Å². The Bertz CT molecular complexity index is 946. The number of amides is 1. The SMILES string of the molecule is CC.CCCCCC(C)C.N=C(c1ccccc1N)c1ccnc2c1C(C(F)(F)F)OC(=O)N2. The lowest BCUT2D eigenvalue weighted by Crippen LogP contribution is -2.35. The number of para-hydroxylation sites is 1. The van der Waals surface area contributed by atoms with E-state index in [0.29, 0.717) is 0 Å². The number of nitrogens with one attached hydrogen (secondary N) is 2. The molecule has 0 aliphatic carbocycles. The van der Waals surface area contributed by atoms with Gasteiger partial charge in [-0.2, -0.15) is 13.2 Å². The Labute approximate surface area is 199 Å². The first kappa shape index (κ1) is 28.9. The number of ether oxygens (including phenoxy) is 1. The molecule has 1 aromatic heterocycles. The van der Waals surface area contributed by atoms with Crippen LogP contribution in [0.3, 0.4) is 0 Å². The van der Waals surface area contributed by atoms with Gasteiger partial charge in [-0.1, -0.05) is 78.5 Å². The fraction of sp³-hybridized carbons (Fsp3) is 0.480. The van der Waals surface area contributed by atoms with Gasteiger partial charge < -0.3 is 10.5 Å². The number of halogens is 3. The number of benzene rings is 1. The van der Waals surface area contributed by atoms with E-state index in [0.717, 1.165) is 5.92 Å². The van der Waals surface area contributed by atoms with E-state index in [9.17, 15) is 18.0 Å². The zero-order chi connectivity index (χ0) is 25.9. The third-order valence-corrected chi connectivity index (χ3v) is 4.88. The molecule has 1 aliphatic heterocycles. The Morgan fingerprint density at radius 1 is 1.18 bits per heavy atom. The van der Waals surface area contributed by atoms with Crippen molar-refractivity contribution < 1.29 is 22.7 Å². The highest BCUT2D eigenvalue weighted by atomic mass is 19.4. The molecule has 2 aromatic rings. The molecular formula is C25H35F3N4O2. The minimum Gasteiger partial charge on any atom is -0.431 e. The van der Waals surface area contributed by atoms with Gasteiger partial charge in [0.15, 0.2) is 0 Å². The summed E-state index contributed by atoms with van der Waals surface area (Å²) >= 11 is 0. The summed E-state index contributed by atoms with van der Waals surface area (Å²) in [7, 11) is 0. The first-order valence-corrected chi connectivity index (χ1v) is 11.5. The zero-order valence-electron chi connectivity index (χ0n) is 20.4. The molecule has 0 spiro atoms. The Morgan fingerprint density at radius 3 is 2.38 bits per heavy atom. The summed E-state index contributed by atoms with van der Waals surface area (Å²) in [5.74, 6) is 0.617. The normalized spacial score (nSPS) is 14.5. The number of nitrogens with zero attached hydrogens (tertiary/aromatic N) is 1. The molecule has 1 aromatic carbocycles. The van der Waals surface area contributed by atoms with Gasteiger partial charge in [0.05, 0.1) is 11.3 Å². The van der Waals surface area contributed by atoms with Gasteiger partial charge in [0.2, 0.25) is 6.10 Å². The van der Waals surface area contributed by atoms with Crippen molar-refractivity contribution in [1.82, 2.24) is 4.98 Å². The van der Waals surface area contributed by atoms with Gasteiger partial charge in [0, 0.05) is 23.0 Å². The maximum atomic E-state index is 13.3. The van der Waals surface area contributed by atoms with Gasteiger partial charge >= 0.3 is 12.3 Å². The van der Waals surface area contributed by atoms with Crippen LogP contribution in [0.15, 0.2) is 36.5 Å². The number of hydrogen-bond acceptors (Lipinski definition) is 5. The topological polar surface area (TPSA) is 101 Å². The molecule has 1 unspecified atom stereocenters. The van der Waals surface area contributed by atoms with E-state index in [1.807, 2.05) is 13.8 Å². The summed E-state index contributed by atoms with van der Waals surface area (Å²) in [6, 6.07) is 7.59. The highest BCUT2D eigenvalue weighted by molar-refractivity contribution is 6.15. The number of hydrogen-bond donors (Lipinski definition) is 3. The minimum absolute atomic E-state index is 0.0692. The molecule has 1 amide bonds. The summed E-state index contributed by atoms with van der Waals surface area (Å²) in [6.45, 7) is 10.8. The fourth-order valence-electron chi connectivity index (χ4n) is 3.25. The van der Waals surface area contributed by atoms with Crippen LogP contribution in [-0.4, -0.2) is 23.0 Å². The van der Waals surface area contributed by atoms with Crippen LogP contribution in [0.1, 0.15) is 83.1 Å². The Kier molecular flexibility index (Phi) is 11.5. The van der Waals surface area contributed by atoms with Crippen molar-refractivity contribution in [3.63, 3.8) is 0 Å². The van der Waals surface area contributed by atoms with Crippen LogP contribution in [0.25, 0.3) is 0 Å². The average Bonchev–Trinajstić information content (AvgIpc) is 2.79. The molecule has 4 N–H and O–H groups in total. The molecule has 0 radical (unpaired) electrons. The molecule has 3 rings (SSSR count). The van der Waals surface area contributed by atoms with Crippen LogP contribution in [0.2, 0.25) is 0 Å². The maximum Gasteiger partial charge on any atom is 0.430 e. The summed E-state index contributed by atoms with van der Waals surface area (Å²) in [4.78, 5) is 15.1. The second-order valence-electron chi connectivity index (χ2n) is 7.92. The molecule has 0 saturated carbocycles. The summed E-state index contributed by atoms with van der Waals surface area (Å²) < 4.78 is 44.3. The van der Waals surface area contributed by atoms with Crippen molar-refractivity contribution >= 4 is 23.3 Å². The van der Waals surface area contributed by atoms with E-state index < -0.39 is 23.9 Å². The molecule has 6 nitrogen and oxygen atoms in total. The van der Waals surface area contributed by atoms with Crippen LogP contribution in [0.5, 0.6) is 0 Å². The minimum atomic E-state index is -4.84. The van der Waals surface area contributed by atoms with Crippen molar-refractivity contribution in [3.05, 3.63) is 53.2 Å². The first-order valence-electron chi connectivity index (χ1n) is 11.5. The van der Waals surface area contributed by atoms with Gasteiger partial charge in [-0.25, -0.2) is 9.78 Å². The van der Waals surface area contributed by atoms with Gasteiger partial charge in [-0.3, -0.25) is 10.7 Å². The number of carbonyl (C=O) groups is 1. The van der Waals surface area contributed by atoms with E-state index in [4.69, 9.17) is 11.1 Å². The van der Waals surface area contributed by atoms with Crippen molar-refractivity contribution in [2.24, 2.45) is 5.92 Å². The fourth-order valence-corrected chi connectivity index (χ4v) is 3.25. The summed E-state index contributed by atoms with van der Waals surface area (Å²) in [5, 5.41) is 10.4. The lowest BCUT2D eigenvalue weighted by molar-refractivity contribution is -0.206. The van der Waals surface area contributed by atoms with Gasteiger partial charge in [-0.15, -0.1) is 0 Å². The lowest BCUT2D eigenvalue weighted by atomic mass is 9.94. The highest BCUT2D eigenvalue weighted by Crippen LogP contribution is 2.43. The van der Waals surface area contributed by atoms with Crippen LogP contribution >= 0.6 is 0 Å². The predicted octanol–water partition coefficient (Wildman–Crippen LogP) is 7.49. The van der Waals surface area contributed by atoms with E-state index in [-0.39, 0.29) is 28.3 Å². The number of cyclic esters (lactones) is 1. The van der Waals surface area contributed by atoms with Crippen LogP contribution in [0, 0.1) is 11.3 Å². The van der Waals surface area contributed by atoms with Gasteiger partial charge in [0.25, 0.3) is 0 Å². The molecule has 0 bridgehead atoms. The number of aromatic nitrogens is 1. The van der Waals surface area contributed by atoms with Crippen LogP contribution in [0.4, 0.5) is 29.5 Å². The molecule has 1 atom stereocenters. The molecule has 0 fully saturated rings. The summed E-state index contributed by atoms with van der Waals surface area (Å²) in [6.07, 6.45) is -1.78. The Morgan fingerprint density at radius 2 is 1.82 bits per heavy atom. The van der Waals surface area contributed by atoms with Crippen molar-refractivity contribution in [1.29, 1.82) is 5.41 Å². The number of unbranched alkanes of at least 4 members (excludes halogenated alkanes) is 2. The molecule has 34 heavy (non-hydrogen) atoms. The van der Waals surface area contributed by atoms with Gasteiger partial charge in [-0.05, 0) is 18.1 Å². The van der Waals surface area contributed by atoms with Crippen molar-refractivity contribution in [2.45, 2.75) is 72.6 Å². The number of alkyl halides is 3. The highest BCUT2D eigenvalue weighted by Gasteiger charge is 2.49. The standard InChI is InChI=1S/C15H11F3N4O2.C8H18.C2H6/c16-15(17,18)12-10-8(5-6-21-13(10)22-14(23)24-12)11(20)7-3-1-2-4-9(7)19;1-4-5-6-7-8(2)3;1-2/h1-6,12,20H,19H2,(H,21,22,23);8H,4-7H2,1-3H3;1-2H3. The molecule has 188 valence electrons. The van der Waals surface area contributed by atoms with E-state index in [1.54, 1.807) is 12.1 Å². The summed E-state index contributed by atoms with van der Waals surface area (Å²) in [5.41, 5.74) is 5.60. The van der Waals surface area contributed by atoms with Crippen LogP contribution < -0.4 is 11.1 Å². The number of carbonyl (C=O) groups excluding carboxylic acids is 1. The number of nitrogens with two attached hydrogens (primary N) is 1. The number of nitrogen functional groups attached to an aromatic ring is 1. The molecule has 1 aliphatic rings. The number of fused-ring (bicyclic) bond motifs is 1. The first-order chi connectivity index (χ1) is 16.1. The van der Waals surface area contributed by atoms with E-state index in [1.165, 1.54) is 50.1 Å². The third-order valence-electron chi connectivity index (χ3n) is 4.88. The second kappa shape index (κ2) is 13.6. The maximum absolute atomic E-state index is 13.3. The molecule has 0 saturated heterocycles. The number of rotatable bonds is 6.